The zero-order valence-electron chi connectivity index (χ0n) is 11.2. The Bertz CT molecular complexity index is 615. The van der Waals surface area contributed by atoms with Gasteiger partial charge in [-0.05, 0) is 35.9 Å². The summed E-state index contributed by atoms with van der Waals surface area (Å²) < 4.78 is 12.4. The molecule has 0 fully saturated rings. The molecule has 0 bridgehead atoms. The van der Waals surface area contributed by atoms with E-state index in [1.807, 2.05) is 36.4 Å². The van der Waals surface area contributed by atoms with E-state index in [0.29, 0.717) is 0 Å². The molecule has 1 heterocycles. The summed E-state index contributed by atoms with van der Waals surface area (Å²) in [5.41, 5.74) is 2.25. The minimum Gasteiger partial charge on any atom is -0.495 e. The van der Waals surface area contributed by atoms with Gasteiger partial charge in [-0.15, -0.1) is 0 Å². The maximum absolute atomic E-state index is 5.93. The van der Waals surface area contributed by atoms with Gasteiger partial charge in [0.15, 0.2) is 0 Å². The molecular formula is C16H16BrNO2. The molecule has 1 N–H and O–H groups in total. The third-order valence-corrected chi connectivity index (χ3v) is 3.88. The second-order valence-electron chi connectivity index (χ2n) is 4.78. The van der Waals surface area contributed by atoms with E-state index in [2.05, 4.69) is 27.3 Å². The number of fused-ring (bicyclic) bond motifs is 1. The van der Waals surface area contributed by atoms with E-state index in [0.717, 1.165) is 34.6 Å². The van der Waals surface area contributed by atoms with Crippen molar-refractivity contribution in [1.82, 2.24) is 0 Å². The lowest BCUT2D eigenvalue weighted by Gasteiger charge is -2.15. The van der Waals surface area contributed by atoms with Gasteiger partial charge in [-0.2, -0.15) is 0 Å². The lowest BCUT2D eigenvalue weighted by molar-refractivity contribution is 0.246. The van der Waals surface area contributed by atoms with Crippen LogP contribution in [0.3, 0.4) is 0 Å². The molecule has 0 saturated heterocycles. The van der Waals surface area contributed by atoms with Crippen LogP contribution in [0.2, 0.25) is 0 Å². The van der Waals surface area contributed by atoms with Crippen molar-refractivity contribution >= 4 is 21.6 Å². The summed E-state index contributed by atoms with van der Waals surface area (Å²) >= 11 is 3.49. The quantitative estimate of drug-likeness (QED) is 0.921. The Balaban J connectivity index is 1.64. The van der Waals surface area contributed by atoms with Crippen molar-refractivity contribution in [2.45, 2.75) is 12.5 Å². The standard InChI is InChI=1S/C16H16BrNO2/c1-19-16-5-3-2-4-14(16)18-10-13-9-11-8-12(17)6-7-15(11)20-13/h2-8,13,18H,9-10H2,1H3. The highest BCUT2D eigenvalue weighted by atomic mass is 79.9. The summed E-state index contributed by atoms with van der Waals surface area (Å²) in [6, 6.07) is 14.1. The van der Waals surface area contributed by atoms with Gasteiger partial charge < -0.3 is 14.8 Å². The zero-order valence-corrected chi connectivity index (χ0v) is 12.8. The van der Waals surface area contributed by atoms with Gasteiger partial charge in [0, 0.05) is 10.9 Å². The summed E-state index contributed by atoms with van der Waals surface area (Å²) in [7, 11) is 1.68. The third-order valence-electron chi connectivity index (χ3n) is 3.39. The first kappa shape index (κ1) is 13.3. The molecule has 20 heavy (non-hydrogen) atoms. The highest BCUT2D eigenvalue weighted by Gasteiger charge is 2.22. The van der Waals surface area contributed by atoms with Crippen LogP contribution in [-0.4, -0.2) is 19.8 Å². The molecule has 0 radical (unpaired) electrons. The first-order valence-corrected chi connectivity index (χ1v) is 7.37. The summed E-state index contributed by atoms with van der Waals surface area (Å²) in [6.07, 6.45) is 1.08. The van der Waals surface area contributed by atoms with Crippen molar-refractivity contribution in [3.63, 3.8) is 0 Å². The number of methoxy groups -OCH3 is 1. The van der Waals surface area contributed by atoms with Gasteiger partial charge in [-0.25, -0.2) is 0 Å². The number of para-hydroxylation sites is 2. The first-order chi connectivity index (χ1) is 9.76. The number of anilines is 1. The Kier molecular flexibility index (Phi) is 3.83. The fourth-order valence-electron chi connectivity index (χ4n) is 2.42. The van der Waals surface area contributed by atoms with E-state index in [1.54, 1.807) is 7.11 Å². The second kappa shape index (κ2) is 5.75. The number of benzene rings is 2. The Hall–Kier alpha value is -1.68. The van der Waals surface area contributed by atoms with Gasteiger partial charge in [0.1, 0.15) is 17.6 Å². The fourth-order valence-corrected chi connectivity index (χ4v) is 2.83. The highest BCUT2D eigenvalue weighted by Crippen LogP contribution is 2.31. The van der Waals surface area contributed by atoms with Crippen molar-refractivity contribution in [1.29, 1.82) is 0 Å². The Morgan fingerprint density at radius 3 is 3.00 bits per heavy atom. The number of rotatable bonds is 4. The van der Waals surface area contributed by atoms with Crippen molar-refractivity contribution < 1.29 is 9.47 Å². The van der Waals surface area contributed by atoms with Crippen LogP contribution in [0, 0.1) is 0 Å². The van der Waals surface area contributed by atoms with E-state index in [-0.39, 0.29) is 6.10 Å². The van der Waals surface area contributed by atoms with Gasteiger partial charge in [0.2, 0.25) is 0 Å². The number of nitrogens with one attached hydrogen (secondary N) is 1. The molecule has 3 rings (SSSR count). The third kappa shape index (κ3) is 2.75. The molecular weight excluding hydrogens is 318 g/mol. The van der Waals surface area contributed by atoms with E-state index in [9.17, 15) is 0 Å². The van der Waals surface area contributed by atoms with Gasteiger partial charge >= 0.3 is 0 Å². The maximum atomic E-state index is 5.93. The Labute approximate surface area is 127 Å². The monoisotopic (exact) mass is 333 g/mol. The van der Waals surface area contributed by atoms with Crippen LogP contribution in [0.25, 0.3) is 0 Å². The van der Waals surface area contributed by atoms with Crippen LogP contribution in [0.4, 0.5) is 5.69 Å². The number of halogens is 1. The molecule has 3 nitrogen and oxygen atoms in total. The van der Waals surface area contributed by atoms with E-state index in [1.165, 1.54) is 5.56 Å². The molecule has 1 aliphatic rings. The van der Waals surface area contributed by atoms with E-state index >= 15 is 0 Å². The summed E-state index contributed by atoms with van der Waals surface area (Å²) in [6.45, 7) is 0.757. The molecule has 1 unspecified atom stereocenters. The SMILES string of the molecule is COc1ccccc1NCC1Cc2cc(Br)ccc2O1. The van der Waals surface area contributed by atoms with Gasteiger partial charge in [0.25, 0.3) is 0 Å². The molecule has 0 saturated carbocycles. The van der Waals surface area contributed by atoms with Gasteiger partial charge in [-0.3, -0.25) is 0 Å². The largest absolute Gasteiger partial charge is 0.495 e. The van der Waals surface area contributed by atoms with E-state index in [4.69, 9.17) is 9.47 Å². The minimum absolute atomic E-state index is 0.157. The fraction of sp³-hybridized carbons (Fsp3) is 0.250. The Morgan fingerprint density at radius 2 is 2.15 bits per heavy atom. The first-order valence-electron chi connectivity index (χ1n) is 6.58. The predicted octanol–water partition coefficient (Wildman–Crippen LogP) is 3.87. The summed E-state index contributed by atoms with van der Waals surface area (Å²) in [4.78, 5) is 0. The summed E-state index contributed by atoms with van der Waals surface area (Å²) in [5.74, 6) is 1.84. The lowest BCUT2D eigenvalue weighted by atomic mass is 10.1. The van der Waals surface area contributed by atoms with E-state index < -0.39 is 0 Å². The second-order valence-corrected chi connectivity index (χ2v) is 5.69. The topological polar surface area (TPSA) is 30.5 Å². The van der Waals surface area contributed by atoms with Crippen LogP contribution < -0.4 is 14.8 Å². The lowest BCUT2D eigenvalue weighted by Crippen LogP contribution is -2.24. The molecule has 0 aliphatic carbocycles. The van der Waals surface area contributed by atoms with Crippen molar-refractivity contribution in [2.24, 2.45) is 0 Å². The van der Waals surface area contributed by atoms with Crippen LogP contribution in [0.15, 0.2) is 46.9 Å². The molecule has 2 aromatic carbocycles. The number of hydrogen-bond donors (Lipinski definition) is 1. The van der Waals surface area contributed by atoms with Gasteiger partial charge in [0.05, 0.1) is 19.3 Å². The van der Waals surface area contributed by atoms with Gasteiger partial charge in [-0.1, -0.05) is 28.1 Å². The highest BCUT2D eigenvalue weighted by molar-refractivity contribution is 9.10. The smallest absolute Gasteiger partial charge is 0.141 e. The summed E-state index contributed by atoms with van der Waals surface area (Å²) in [5, 5.41) is 3.39. The molecule has 2 aromatic rings. The molecule has 4 heteroatoms. The minimum atomic E-state index is 0.157. The molecule has 1 aliphatic heterocycles. The van der Waals surface area contributed by atoms with Crippen molar-refractivity contribution in [3.05, 3.63) is 52.5 Å². The molecule has 1 atom stereocenters. The maximum Gasteiger partial charge on any atom is 0.141 e. The van der Waals surface area contributed by atoms with Crippen molar-refractivity contribution in [2.75, 3.05) is 19.0 Å². The predicted molar refractivity (Wildman–Crippen MR) is 83.7 cm³/mol. The Morgan fingerprint density at radius 1 is 1.30 bits per heavy atom. The molecule has 0 aromatic heterocycles. The average molecular weight is 334 g/mol. The number of ether oxygens (including phenoxy) is 2. The van der Waals surface area contributed by atoms with Crippen molar-refractivity contribution in [3.8, 4) is 11.5 Å². The zero-order chi connectivity index (χ0) is 13.9. The number of hydrogen-bond acceptors (Lipinski definition) is 3. The average Bonchev–Trinajstić information content (AvgIpc) is 2.87. The normalized spacial score (nSPS) is 16.4. The molecule has 0 spiro atoms. The van der Waals surface area contributed by atoms with Crippen LogP contribution in [-0.2, 0) is 6.42 Å². The molecule has 104 valence electrons. The molecule has 0 amide bonds. The van der Waals surface area contributed by atoms with Crippen LogP contribution >= 0.6 is 15.9 Å². The van der Waals surface area contributed by atoms with Crippen LogP contribution in [0.5, 0.6) is 11.5 Å². The van der Waals surface area contributed by atoms with Crippen LogP contribution in [0.1, 0.15) is 5.56 Å².